The number of urea groups is 1. The first-order chi connectivity index (χ1) is 10.3. The number of carbonyl (C=O) groups excluding carboxylic acids is 1. The molecule has 2 rings (SSSR count). The number of anilines is 1. The van der Waals surface area contributed by atoms with Crippen LogP contribution in [0.1, 0.15) is 30.3 Å². The topological polar surface area (TPSA) is 66.9 Å². The molecule has 0 atom stereocenters. The molecule has 0 aliphatic heterocycles. The number of aromatic nitrogens is 2. The van der Waals surface area contributed by atoms with Crippen LogP contribution in [0.25, 0.3) is 0 Å². The van der Waals surface area contributed by atoms with Gasteiger partial charge in [-0.2, -0.15) is 0 Å². The van der Waals surface area contributed by atoms with Crippen molar-refractivity contribution in [2.24, 2.45) is 0 Å². The zero-order valence-electron chi connectivity index (χ0n) is 12.1. The molecule has 2 amide bonds. The lowest BCUT2D eigenvalue weighted by Crippen LogP contribution is -2.30. The van der Waals surface area contributed by atoms with Crippen molar-refractivity contribution in [2.45, 2.75) is 32.6 Å². The van der Waals surface area contributed by atoms with Crippen LogP contribution in [-0.2, 0) is 12.8 Å². The van der Waals surface area contributed by atoms with E-state index < -0.39 is 0 Å². The van der Waals surface area contributed by atoms with Crippen LogP contribution in [0.3, 0.4) is 0 Å². The summed E-state index contributed by atoms with van der Waals surface area (Å²) in [6.45, 7) is 2.73. The van der Waals surface area contributed by atoms with Crippen molar-refractivity contribution in [3.05, 3.63) is 40.9 Å². The second-order valence-corrected chi connectivity index (χ2v) is 5.78. The number of amides is 2. The molecule has 6 heteroatoms. The number of nitrogens with one attached hydrogen (secondary N) is 2. The molecule has 0 saturated carbocycles. The summed E-state index contributed by atoms with van der Waals surface area (Å²) in [4.78, 5) is 11.7. The fraction of sp³-hybridized carbons (Fsp3) is 0.400. The monoisotopic (exact) mass is 304 g/mol. The van der Waals surface area contributed by atoms with Gasteiger partial charge in [0.2, 0.25) is 5.13 Å². The third-order valence-corrected chi connectivity index (χ3v) is 3.87. The molecule has 1 heterocycles. The highest BCUT2D eigenvalue weighted by Gasteiger charge is 2.07. The molecule has 0 bridgehead atoms. The Kier molecular flexibility index (Phi) is 6.15. The zero-order valence-corrected chi connectivity index (χ0v) is 12.9. The number of carbonyl (C=O) groups is 1. The SMILES string of the molecule is CCCCc1nnc(NC(=O)NCCc2ccccc2)s1. The van der Waals surface area contributed by atoms with Crippen LogP contribution in [0.5, 0.6) is 0 Å². The molecule has 0 fully saturated rings. The zero-order chi connectivity index (χ0) is 14.9. The number of benzene rings is 1. The number of hydrogen-bond donors (Lipinski definition) is 2. The molecular weight excluding hydrogens is 284 g/mol. The smallest absolute Gasteiger partial charge is 0.321 e. The Balaban J connectivity index is 1.70. The molecule has 21 heavy (non-hydrogen) atoms. The van der Waals surface area contributed by atoms with E-state index in [9.17, 15) is 4.79 Å². The number of aryl methyl sites for hydroxylation is 1. The van der Waals surface area contributed by atoms with E-state index in [1.165, 1.54) is 16.9 Å². The fourth-order valence-electron chi connectivity index (χ4n) is 1.84. The first-order valence-electron chi connectivity index (χ1n) is 7.19. The van der Waals surface area contributed by atoms with E-state index in [1.54, 1.807) is 0 Å². The standard InChI is InChI=1S/C15H20N4OS/c1-2-3-9-13-18-19-15(21-13)17-14(20)16-11-10-12-7-5-4-6-8-12/h4-8H,2-3,9-11H2,1H3,(H2,16,17,19,20). The average Bonchev–Trinajstić information content (AvgIpc) is 2.93. The summed E-state index contributed by atoms with van der Waals surface area (Å²) in [5.41, 5.74) is 1.20. The van der Waals surface area contributed by atoms with E-state index in [-0.39, 0.29) is 6.03 Å². The Morgan fingerprint density at radius 1 is 1.19 bits per heavy atom. The highest BCUT2D eigenvalue weighted by Crippen LogP contribution is 2.16. The molecule has 0 radical (unpaired) electrons. The molecule has 112 valence electrons. The minimum atomic E-state index is -0.232. The van der Waals surface area contributed by atoms with Gasteiger partial charge < -0.3 is 5.32 Å². The van der Waals surface area contributed by atoms with E-state index in [2.05, 4.69) is 27.8 Å². The molecule has 0 saturated heterocycles. The third kappa shape index (κ3) is 5.51. The fourth-order valence-corrected chi connectivity index (χ4v) is 2.62. The molecule has 0 spiro atoms. The van der Waals surface area contributed by atoms with Crippen molar-refractivity contribution in [1.29, 1.82) is 0 Å². The molecule has 5 nitrogen and oxygen atoms in total. The van der Waals surface area contributed by atoms with E-state index in [1.807, 2.05) is 30.3 Å². The first-order valence-corrected chi connectivity index (χ1v) is 8.00. The maximum absolute atomic E-state index is 11.7. The summed E-state index contributed by atoms with van der Waals surface area (Å²) < 4.78 is 0. The molecule has 1 aromatic heterocycles. The molecule has 0 unspecified atom stereocenters. The number of hydrogen-bond acceptors (Lipinski definition) is 4. The van der Waals surface area contributed by atoms with E-state index in [0.717, 1.165) is 30.7 Å². The number of unbranched alkanes of at least 4 members (excludes halogenated alkanes) is 1. The number of nitrogens with zero attached hydrogens (tertiary/aromatic N) is 2. The van der Waals surface area contributed by atoms with Crippen molar-refractivity contribution in [3.63, 3.8) is 0 Å². The second-order valence-electron chi connectivity index (χ2n) is 4.72. The van der Waals surface area contributed by atoms with Gasteiger partial charge in [-0.25, -0.2) is 4.79 Å². The van der Waals surface area contributed by atoms with Gasteiger partial charge in [0.25, 0.3) is 0 Å². The highest BCUT2D eigenvalue weighted by atomic mass is 32.1. The predicted molar refractivity (Wildman–Crippen MR) is 85.7 cm³/mol. The Hall–Kier alpha value is -1.95. The predicted octanol–water partition coefficient (Wildman–Crippen LogP) is 3.24. The first kappa shape index (κ1) is 15.4. The summed E-state index contributed by atoms with van der Waals surface area (Å²) in [6, 6.07) is 9.83. The lowest BCUT2D eigenvalue weighted by Gasteiger charge is -2.04. The van der Waals surface area contributed by atoms with Gasteiger partial charge in [-0.15, -0.1) is 10.2 Å². The summed E-state index contributed by atoms with van der Waals surface area (Å²) in [7, 11) is 0. The molecular formula is C15H20N4OS. The van der Waals surface area contributed by atoms with Crippen LogP contribution in [0.4, 0.5) is 9.93 Å². The van der Waals surface area contributed by atoms with E-state index in [0.29, 0.717) is 11.7 Å². The van der Waals surface area contributed by atoms with Crippen LogP contribution in [0, 0.1) is 0 Å². The highest BCUT2D eigenvalue weighted by molar-refractivity contribution is 7.15. The van der Waals surface area contributed by atoms with Gasteiger partial charge in [-0.05, 0) is 18.4 Å². The summed E-state index contributed by atoms with van der Waals surface area (Å²) >= 11 is 1.44. The Labute approximate surface area is 128 Å². The molecule has 1 aromatic carbocycles. The third-order valence-electron chi connectivity index (χ3n) is 2.97. The van der Waals surface area contributed by atoms with Gasteiger partial charge in [0.15, 0.2) is 0 Å². The summed E-state index contributed by atoms with van der Waals surface area (Å²) in [5, 5.41) is 15.1. The largest absolute Gasteiger partial charge is 0.337 e. The number of rotatable bonds is 7. The van der Waals surface area contributed by atoms with Crippen LogP contribution in [0.2, 0.25) is 0 Å². The lowest BCUT2D eigenvalue weighted by atomic mass is 10.1. The Bertz CT molecular complexity index is 556. The van der Waals surface area contributed by atoms with Crippen LogP contribution in [-0.4, -0.2) is 22.8 Å². The second kappa shape index (κ2) is 8.36. The Morgan fingerprint density at radius 3 is 2.76 bits per heavy atom. The van der Waals surface area contributed by atoms with Crippen molar-refractivity contribution in [3.8, 4) is 0 Å². The van der Waals surface area contributed by atoms with Gasteiger partial charge in [-0.3, -0.25) is 5.32 Å². The van der Waals surface area contributed by atoms with E-state index >= 15 is 0 Å². The normalized spacial score (nSPS) is 10.3. The summed E-state index contributed by atoms with van der Waals surface area (Å²) in [6.07, 6.45) is 3.96. The van der Waals surface area contributed by atoms with Crippen LogP contribution in [0.15, 0.2) is 30.3 Å². The minimum absolute atomic E-state index is 0.232. The van der Waals surface area contributed by atoms with Crippen molar-refractivity contribution in [2.75, 3.05) is 11.9 Å². The van der Waals surface area contributed by atoms with Crippen molar-refractivity contribution in [1.82, 2.24) is 15.5 Å². The minimum Gasteiger partial charge on any atom is -0.337 e. The molecule has 2 N–H and O–H groups in total. The van der Waals surface area contributed by atoms with Crippen LogP contribution < -0.4 is 10.6 Å². The van der Waals surface area contributed by atoms with Gasteiger partial charge in [0.1, 0.15) is 5.01 Å². The maximum atomic E-state index is 11.7. The molecule has 0 aliphatic carbocycles. The van der Waals surface area contributed by atoms with Gasteiger partial charge >= 0.3 is 6.03 Å². The average molecular weight is 304 g/mol. The quantitative estimate of drug-likeness (QED) is 0.825. The van der Waals surface area contributed by atoms with Crippen molar-refractivity contribution < 1.29 is 4.79 Å². The molecule has 0 aliphatic rings. The molecule has 2 aromatic rings. The Morgan fingerprint density at radius 2 is 2.00 bits per heavy atom. The van der Waals surface area contributed by atoms with Gasteiger partial charge in [0.05, 0.1) is 0 Å². The maximum Gasteiger partial charge on any atom is 0.321 e. The van der Waals surface area contributed by atoms with E-state index in [4.69, 9.17) is 0 Å². The summed E-state index contributed by atoms with van der Waals surface area (Å²) in [5.74, 6) is 0. The lowest BCUT2D eigenvalue weighted by molar-refractivity contribution is 0.252. The van der Waals surface area contributed by atoms with Crippen molar-refractivity contribution >= 4 is 22.5 Å². The van der Waals surface area contributed by atoms with Gasteiger partial charge in [-0.1, -0.05) is 55.0 Å². The van der Waals surface area contributed by atoms with Crippen LogP contribution >= 0.6 is 11.3 Å². The van der Waals surface area contributed by atoms with Gasteiger partial charge in [0, 0.05) is 13.0 Å².